The Bertz CT molecular complexity index is 91.9. The molecule has 0 bridgehead atoms. The molecule has 0 rings (SSSR count). The van der Waals surface area contributed by atoms with Crippen molar-refractivity contribution in [1.82, 2.24) is 0 Å². The van der Waals surface area contributed by atoms with E-state index >= 15 is 0 Å². The fourth-order valence-electron chi connectivity index (χ4n) is 0.0544. The van der Waals surface area contributed by atoms with Gasteiger partial charge < -0.3 is 14.9 Å². The zero-order chi connectivity index (χ0) is 7.86. The minimum Gasteiger partial charge on any atom is -0.563 e. The monoisotopic (exact) mass is 198 g/mol. The van der Waals surface area contributed by atoms with Crippen LogP contribution in [-0.4, -0.2) is 35.3 Å². The fraction of sp³-hybridized carbons (Fsp3) is 1.00. The topological polar surface area (TPSA) is 110 Å². The molecule has 0 saturated carbocycles. The van der Waals surface area contributed by atoms with Crippen molar-refractivity contribution in [3.63, 3.8) is 0 Å². The molecule has 0 spiro atoms. The first kappa shape index (κ1) is 17.1. The number of hydrogen-bond donors (Lipinski definition) is 1. The molecule has 0 aromatic heterocycles. The van der Waals surface area contributed by atoms with E-state index in [2.05, 4.69) is 4.31 Å². The van der Waals surface area contributed by atoms with Gasteiger partial charge in [-0.1, -0.05) is 0 Å². The van der Waals surface area contributed by atoms with Crippen LogP contribution in [0.1, 0.15) is 0 Å². The van der Waals surface area contributed by atoms with Crippen molar-refractivity contribution in [2.24, 2.45) is 0 Å². The van der Waals surface area contributed by atoms with Crippen LogP contribution in [-0.2, 0) is 13.4 Å². The number of aliphatic hydroxyl groups excluding tert-OH is 1. The number of aliphatic hydroxyl groups is 1. The Morgan fingerprint density at radius 3 is 1.40 bits per heavy atom. The summed E-state index contributed by atoms with van der Waals surface area (Å²) in [4.78, 5) is 18.5. The zero-order valence-electron chi connectivity index (χ0n) is 5.09. The van der Waals surface area contributed by atoms with Crippen LogP contribution in [0.4, 0.5) is 0 Å². The van der Waals surface area contributed by atoms with Crippen molar-refractivity contribution in [2.45, 2.75) is 0 Å². The second-order valence-corrected chi connectivity index (χ2v) is 2.08. The third-order valence-corrected chi connectivity index (χ3v) is 1.20. The molecule has 0 radical (unpaired) electrons. The largest absolute Gasteiger partial charge is 2.00 e. The van der Waals surface area contributed by atoms with Crippen LogP contribution in [0.25, 0.3) is 0 Å². The molecule has 0 fully saturated rings. The average Bonchev–Trinajstić information content (AvgIpc) is 1.68. The van der Waals surface area contributed by atoms with Crippen molar-refractivity contribution in [3.8, 4) is 0 Å². The average molecular weight is 198 g/mol. The van der Waals surface area contributed by atoms with Crippen molar-refractivity contribution in [2.75, 3.05) is 7.11 Å². The third kappa shape index (κ3) is 23.2. The predicted molar refractivity (Wildman–Crippen MR) is 30.2 cm³/mol. The molecule has 0 aliphatic carbocycles. The summed E-state index contributed by atoms with van der Waals surface area (Å²) in [5.74, 6) is 0. The third-order valence-electron chi connectivity index (χ3n) is 0.133. The van der Waals surface area contributed by atoms with E-state index in [0.29, 0.717) is 0 Å². The normalized spacial score (nSPS) is 10.0. The molecule has 0 saturated heterocycles. The minimum absolute atomic E-state index is 0. The van der Waals surface area contributed by atoms with Crippen molar-refractivity contribution in [3.05, 3.63) is 0 Å². The van der Waals surface area contributed by atoms with Gasteiger partial charge in [0.05, 0.1) is 0 Å². The second kappa shape index (κ2) is 12.5. The van der Waals surface area contributed by atoms with E-state index in [1.165, 1.54) is 0 Å². The van der Waals surface area contributed by atoms with E-state index in [1.807, 2.05) is 0 Å². The van der Waals surface area contributed by atoms with Gasteiger partial charge in [-0.15, -0.1) is 0 Å². The van der Waals surface area contributed by atoms with Gasteiger partial charge in [0.2, 0.25) is 0 Å². The quantitative estimate of drug-likeness (QED) is 0.417. The molecule has 6 nitrogen and oxygen atoms in total. The Morgan fingerprint density at radius 2 is 1.40 bits per heavy atom. The van der Waals surface area contributed by atoms with Crippen molar-refractivity contribution < 1.29 is 28.3 Å². The van der Waals surface area contributed by atoms with Crippen molar-refractivity contribution >= 4 is 39.6 Å². The van der Waals surface area contributed by atoms with Crippen LogP contribution in [0, 0.1) is 0 Å². The van der Waals surface area contributed by atoms with E-state index in [9.17, 15) is 18.9 Å². The molecular weight excluding hydrogens is 194 g/mol. The second-order valence-electron chi connectivity index (χ2n) is 0.529. The first-order valence-corrected chi connectivity index (χ1v) is 3.73. The summed E-state index contributed by atoms with van der Waals surface area (Å²) in [6, 6.07) is 0. The molecule has 0 aromatic rings. The van der Waals surface area contributed by atoms with Crippen LogP contribution in [0.5, 0.6) is 0 Å². The van der Waals surface area contributed by atoms with Gasteiger partial charge >= 0.3 is 39.6 Å². The van der Waals surface area contributed by atoms with E-state index in [4.69, 9.17) is 5.11 Å². The van der Waals surface area contributed by atoms with Crippen LogP contribution >= 0.6 is 16.5 Å². The molecule has 0 heterocycles. The zero-order valence-corrected chi connectivity index (χ0v) is 8.29. The summed E-state index contributed by atoms with van der Waals surface area (Å²) in [5, 5.41) is 7.00. The summed E-state index contributed by atoms with van der Waals surface area (Å²) >= 11 is 0. The fourth-order valence-corrected chi connectivity index (χ4v) is 0.490. The molecule has 0 aliphatic rings. The molecule has 1 N–H and O–H groups in total. The van der Waals surface area contributed by atoms with Gasteiger partial charge in [0.15, 0.2) is 0 Å². The van der Waals surface area contributed by atoms with Gasteiger partial charge in [-0.3, -0.25) is 0 Å². The van der Waals surface area contributed by atoms with Crippen LogP contribution in [0.15, 0.2) is 0 Å². The molecule has 0 aliphatic heterocycles. The van der Waals surface area contributed by atoms with E-state index in [1.54, 1.807) is 0 Å². The minimum atomic E-state index is -3.24. The molecular formula is CH4MgO6P2+2. The smallest absolute Gasteiger partial charge is 0.563 e. The maximum absolute atomic E-state index is 9.24. The van der Waals surface area contributed by atoms with Crippen LogP contribution in [0.2, 0.25) is 0 Å². The summed E-state index contributed by atoms with van der Waals surface area (Å²) in [7, 11) is -5.47. The van der Waals surface area contributed by atoms with E-state index in [0.717, 1.165) is 7.11 Å². The first-order valence-electron chi connectivity index (χ1n) is 1.54. The SMILES string of the molecule is CO.O=[P+]([O-])O[P+](=O)[O-].[Mg+2]. The maximum atomic E-state index is 9.24. The van der Waals surface area contributed by atoms with Gasteiger partial charge in [-0.05, 0) is 9.13 Å². The van der Waals surface area contributed by atoms with E-state index in [-0.39, 0.29) is 23.1 Å². The van der Waals surface area contributed by atoms with Gasteiger partial charge in [0, 0.05) is 7.11 Å². The standard InChI is InChI=1S/CH4O.Mg.O5P2/c1-2;;1-6(2)5-7(3)4/h2H,1H3;;/q;+2;. The van der Waals surface area contributed by atoms with Crippen LogP contribution in [0.3, 0.4) is 0 Å². The summed E-state index contributed by atoms with van der Waals surface area (Å²) in [6.45, 7) is 0. The summed E-state index contributed by atoms with van der Waals surface area (Å²) < 4.78 is 21.6. The van der Waals surface area contributed by atoms with Crippen LogP contribution < -0.4 is 9.79 Å². The van der Waals surface area contributed by atoms with Gasteiger partial charge in [-0.25, -0.2) is 0 Å². The molecule has 10 heavy (non-hydrogen) atoms. The Morgan fingerprint density at radius 1 is 1.20 bits per heavy atom. The maximum Gasteiger partial charge on any atom is 2.00 e. The Hall–Kier alpha value is 0.806. The molecule has 9 heteroatoms. The Balaban J connectivity index is -0.000000149. The molecule has 0 amide bonds. The molecule has 2 atom stereocenters. The predicted octanol–water partition coefficient (Wildman–Crippen LogP) is -1.73. The van der Waals surface area contributed by atoms with E-state index < -0.39 is 16.5 Å². The van der Waals surface area contributed by atoms with Gasteiger partial charge in [0.1, 0.15) is 4.31 Å². The van der Waals surface area contributed by atoms with Gasteiger partial charge in [0.25, 0.3) is 0 Å². The molecule has 0 aromatic carbocycles. The number of hydrogen-bond acceptors (Lipinski definition) is 6. The van der Waals surface area contributed by atoms with Gasteiger partial charge in [-0.2, -0.15) is 0 Å². The van der Waals surface area contributed by atoms with Crippen molar-refractivity contribution in [1.29, 1.82) is 0 Å². The summed E-state index contributed by atoms with van der Waals surface area (Å²) in [6.07, 6.45) is 0. The summed E-state index contributed by atoms with van der Waals surface area (Å²) in [5.41, 5.74) is 0. The number of rotatable bonds is 2. The Kier molecular flexibility index (Phi) is 21.3. The Labute approximate surface area is 75.3 Å². The first-order chi connectivity index (χ1) is 4.13. The molecule has 54 valence electrons. The molecule has 2 unspecified atom stereocenters.